The van der Waals surface area contributed by atoms with Gasteiger partial charge in [-0.15, -0.1) is 11.3 Å². The third-order valence-corrected chi connectivity index (χ3v) is 5.05. The minimum absolute atomic E-state index is 0.352. The Morgan fingerprint density at radius 1 is 1.00 bits per heavy atom. The van der Waals surface area contributed by atoms with Crippen LogP contribution in [0.5, 0.6) is 0 Å². The van der Waals surface area contributed by atoms with Crippen LogP contribution in [-0.2, 0) is 0 Å². The molecule has 0 radical (unpaired) electrons. The molecule has 7 heteroatoms. The lowest BCUT2D eigenvalue weighted by Gasteiger charge is -1.98. The van der Waals surface area contributed by atoms with Gasteiger partial charge < -0.3 is 4.42 Å². The van der Waals surface area contributed by atoms with E-state index in [1.165, 1.54) is 0 Å². The highest BCUT2D eigenvalue weighted by Crippen LogP contribution is 2.27. The van der Waals surface area contributed by atoms with E-state index in [1.54, 1.807) is 17.6 Å². The van der Waals surface area contributed by atoms with Gasteiger partial charge in [-0.2, -0.15) is 15.2 Å². The Morgan fingerprint density at radius 2 is 1.86 bits per heavy atom. The van der Waals surface area contributed by atoms with Crippen LogP contribution < -0.4 is 5.43 Å². The van der Waals surface area contributed by atoms with E-state index in [-0.39, 0.29) is 0 Å². The molecule has 0 bridgehead atoms. The fourth-order valence-electron chi connectivity index (χ4n) is 2.88. The smallest absolute Gasteiger partial charge is 0.316 e. The third-order valence-electron chi connectivity index (χ3n) is 4.18. The van der Waals surface area contributed by atoms with Crippen molar-refractivity contribution >= 4 is 34.7 Å². The summed E-state index contributed by atoms with van der Waals surface area (Å²) < 4.78 is 7.49. The second-order valence-corrected chi connectivity index (χ2v) is 6.99. The molecule has 0 unspecified atom stereocenters. The lowest BCUT2D eigenvalue weighted by Crippen LogP contribution is -1.93. The molecule has 3 heterocycles. The van der Waals surface area contributed by atoms with Crippen LogP contribution in [0.4, 0.5) is 6.01 Å². The molecule has 0 spiro atoms. The van der Waals surface area contributed by atoms with Crippen molar-refractivity contribution in [3.8, 4) is 16.3 Å². The molecule has 5 aromatic rings. The monoisotopic (exact) mass is 385 g/mol. The number of para-hydroxylation sites is 3. The zero-order chi connectivity index (χ0) is 18.8. The summed E-state index contributed by atoms with van der Waals surface area (Å²) in [4.78, 5) is 5.44. The zero-order valence-electron chi connectivity index (χ0n) is 14.7. The summed E-state index contributed by atoms with van der Waals surface area (Å²) in [5.41, 5.74) is 7.14. The van der Waals surface area contributed by atoms with E-state index in [4.69, 9.17) is 9.52 Å². The van der Waals surface area contributed by atoms with Gasteiger partial charge in [0.2, 0.25) is 0 Å². The lowest BCUT2D eigenvalue weighted by molar-refractivity contribution is 0.617. The Labute approximate surface area is 164 Å². The van der Waals surface area contributed by atoms with E-state index >= 15 is 0 Å². The Bertz CT molecular complexity index is 1210. The Kier molecular flexibility index (Phi) is 4.19. The third kappa shape index (κ3) is 3.19. The van der Waals surface area contributed by atoms with Crippen molar-refractivity contribution < 1.29 is 4.42 Å². The number of hydrazone groups is 1. The van der Waals surface area contributed by atoms with E-state index in [1.807, 2.05) is 83.0 Å². The standard InChI is InChI=1S/C21H15N5OS/c1-2-7-16(8-3-1)26-14-15(20(25-26)19-11-6-12-28-19)13-22-24-21-23-17-9-4-5-10-18(17)27-21/h1-14H,(H,23,24). The summed E-state index contributed by atoms with van der Waals surface area (Å²) >= 11 is 1.64. The summed E-state index contributed by atoms with van der Waals surface area (Å²) in [5, 5.41) is 11.1. The molecule has 5 rings (SSSR count). The molecule has 28 heavy (non-hydrogen) atoms. The molecule has 136 valence electrons. The van der Waals surface area contributed by atoms with Crippen LogP contribution >= 0.6 is 11.3 Å². The molecule has 6 nitrogen and oxygen atoms in total. The second-order valence-electron chi connectivity index (χ2n) is 6.05. The first-order chi connectivity index (χ1) is 13.9. The minimum Gasteiger partial charge on any atom is -0.422 e. The van der Waals surface area contributed by atoms with Crippen molar-refractivity contribution in [2.45, 2.75) is 0 Å². The van der Waals surface area contributed by atoms with Gasteiger partial charge in [-0.25, -0.2) is 10.1 Å². The second kappa shape index (κ2) is 7.13. The number of fused-ring (bicyclic) bond motifs is 1. The number of nitrogens with zero attached hydrogens (tertiary/aromatic N) is 4. The Hall–Kier alpha value is -3.71. The molecule has 0 aliphatic carbocycles. The van der Waals surface area contributed by atoms with E-state index in [0.717, 1.165) is 32.9 Å². The Balaban J connectivity index is 1.46. The van der Waals surface area contributed by atoms with Crippen LogP contribution in [0.3, 0.4) is 0 Å². The van der Waals surface area contributed by atoms with Crippen LogP contribution in [0, 0.1) is 0 Å². The van der Waals surface area contributed by atoms with E-state index in [0.29, 0.717) is 6.01 Å². The number of benzene rings is 2. The molecule has 0 atom stereocenters. The fourth-order valence-corrected chi connectivity index (χ4v) is 3.61. The van der Waals surface area contributed by atoms with E-state index in [9.17, 15) is 0 Å². The van der Waals surface area contributed by atoms with Gasteiger partial charge in [-0.3, -0.25) is 0 Å². The van der Waals surface area contributed by atoms with Crippen molar-refractivity contribution in [3.05, 3.63) is 83.9 Å². The van der Waals surface area contributed by atoms with Crippen LogP contribution in [-0.4, -0.2) is 21.0 Å². The van der Waals surface area contributed by atoms with Gasteiger partial charge in [0.05, 0.1) is 16.8 Å². The molecule has 2 aromatic carbocycles. The van der Waals surface area contributed by atoms with Gasteiger partial charge in [-0.1, -0.05) is 36.4 Å². The van der Waals surface area contributed by atoms with Gasteiger partial charge in [0, 0.05) is 11.8 Å². The van der Waals surface area contributed by atoms with Gasteiger partial charge in [0.25, 0.3) is 0 Å². The molecular weight excluding hydrogens is 370 g/mol. The van der Waals surface area contributed by atoms with Crippen LogP contribution in [0.15, 0.2) is 87.8 Å². The van der Waals surface area contributed by atoms with Crippen molar-refractivity contribution in [2.75, 3.05) is 5.43 Å². The van der Waals surface area contributed by atoms with Crippen molar-refractivity contribution in [1.29, 1.82) is 0 Å². The van der Waals surface area contributed by atoms with Crippen LogP contribution in [0.25, 0.3) is 27.4 Å². The molecule has 0 fully saturated rings. The van der Waals surface area contributed by atoms with Gasteiger partial charge in [-0.05, 0) is 35.7 Å². The summed E-state index contributed by atoms with van der Waals surface area (Å²) in [7, 11) is 0. The first-order valence-electron chi connectivity index (χ1n) is 8.70. The molecular formula is C21H15N5OS. The summed E-state index contributed by atoms with van der Waals surface area (Å²) in [6.07, 6.45) is 3.69. The molecule has 0 aliphatic rings. The van der Waals surface area contributed by atoms with E-state index in [2.05, 4.69) is 15.5 Å². The largest absolute Gasteiger partial charge is 0.422 e. The molecule has 0 saturated carbocycles. The summed E-state index contributed by atoms with van der Waals surface area (Å²) in [6, 6.07) is 22.0. The maximum atomic E-state index is 5.63. The molecule has 0 amide bonds. The van der Waals surface area contributed by atoms with Gasteiger partial charge >= 0.3 is 6.01 Å². The topological polar surface area (TPSA) is 68.2 Å². The van der Waals surface area contributed by atoms with Crippen molar-refractivity contribution in [3.63, 3.8) is 0 Å². The normalized spacial score (nSPS) is 11.4. The highest BCUT2D eigenvalue weighted by molar-refractivity contribution is 7.13. The highest BCUT2D eigenvalue weighted by Gasteiger charge is 2.12. The fraction of sp³-hybridized carbons (Fsp3) is 0. The van der Waals surface area contributed by atoms with Crippen molar-refractivity contribution in [2.24, 2.45) is 5.10 Å². The maximum Gasteiger partial charge on any atom is 0.316 e. The number of nitrogens with one attached hydrogen (secondary N) is 1. The van der Waals surface area contributed by atoms with Crippen LogP contribution in [0.2, 0.25) is 0 Å². The number of hydrogen-bond donors (Lipinski definition) is 1. The SMILES string of the molecule is C(=NNc1nc2ccccc2o1)c1cn(-c2ccccc2)nc1-c1cccs1. The first-order valence-corrected chi connectivity index (χ1v) is 9.58. The summed E-state index contributed by atoms with van der Waals surface area (Å²) in [6.45, 7) is 0. The molecule has 1 N–H and O–H groups in total. The highest BCUT2D eigenvalue weighted by atomic mass is 32.1. The minimum atomic E-state index is 0.352. The first kappa shape index (κ1) is 16.5. The predicted octanol–water partition coefficient (Wildman–Crippen LogP) is 5.19. The van der Waals surface area contributed by atoms with Gasteiger partial charge in [0.15, 0.2) is 5.58 Å². The lowest BCUT2D eigenvalue weighted by atomic mass is 10.2. The average Bonchev–Trinajstić information content (AvgIpc) is 3.47. The number of aromatic nitrogens is 3. The number of oxazole rings is 1. The number of thiophene rings is 1. The van der Waals surface area contributed by atoms with Crippen LogP contribution in [0.1, 0.15) is 5.56 Å². The van der Waals surface area contributed by atoms with Gasteiger partial charge in [0.1, 0.15) is 11.2 Å². The van der Waals surface area contributed by atoms with E-state index < -0.39 is 0 Å². The van der Waals surface area contributed by atoms with Crippen molar-refractivity contribution in [1.82, 2.24) is 14.8 Å². The Morgan fingerprint density at radius 3 is 2.68 bits per heavy atom. The predicted molar refractivity (Wildman–Crippen MR) is 112 cm³/mol. The zero-order valence-corrected chi connectivity index (χ0v) is 15.5. The average molecular weight is 385 g/mol. The quantitative estimate of drug-likeness (QED) is 0.334. The maximum absolute atomic E-state index is 5.63. The molecule has 0 saturated heterocycles. The molecule has 0 aliphatic heterocycles. The number of rotatable bonds is 5. The number of hydrogen-bond acceptors (Lipinski definition) is 6. The number of anilines is 1. The molecule has 3 aromatic heterocycles. The summed E-state index contributed by atoms with van der Waals surface area (Å²) in [5.74, 6) is 0.